The van der Waals surface area contributed by atoms with Crippen LogP contribution in [0.5, 0.6) is 0 Å². The van der Waals surface area contributed by atoms with E-state index < -0.39 is 15.8 Å². The van der Waals surface area contributed by atoms with Crippen molar-refractivity contribution in [3.8, 4) is 0 Å². The van der Waals surface area contributed by atoms with Crippen LogP contribution in [0.4, 0.5) is 4.39 Å². The van der Waals surface area contributed by atoms with E-state index >= 15 is 0 Å². The summed E-state index contributed by atoms with van der Waals surface area (Å²) in [5.41, 5.74) is 1.57. The van der Waals surface area contributed by atoms with Crippen LogP contribution in [0.2, 0.25) is 0 Å². The second-order valence-corrected chi connectivity index (χ2v) is 9.10. The smallest absolute Gasteiger partial charge is 0.243 e. The average Bonchev–Trinajstić information content (AvgIpc) is 3.00. The molecule has 0 unspecified atom stereocenters. The molecular weight excluding hydrogens is 393 g/mol. The number of aromatic nitrogens is 1. The van der Waals surface area contributed by atoms with E-state index in [0.717, 1.165) is 23.0 Å². The van der Waals surface area contributed by atoms with Gasteiger partial charge in [0.1, 0.15) is 5.82 Å². The van der Waals surface area contributed by atoms with Crippen molar-refractivity contribution in [1.29, 1.82) is 0 Å². The highest BCUT2D eigenvalue weighted by molar-refractivity contribution is 7.89. The second kappa shape index (κ2) is 8.06. The minimum absolute atomic E-state index is 0.0114. The zero-order valence-corrected chi connectivity index (χ0v) is 16.7. The predicted molar refractivity (Wildman–Crippen MR) is 109 cm³/mol. The van der Waals surface area contributed by atoms with E-state index in [1.165, 1.54) is 16.4 Å². The molecule has 0 bridgehead atoms. The summed E-state index contributed by atoms with van der Waals surface area (Å²) in [6.07, 6.45) is 2.36. The van der Waals surface area contributed by atoms with Crippen LogP contribution in [0.15, 0.2) is 59.6 Å². The summed E-state index contributed by atoms with van der Waals surface area (Å²) in [4.78, 5) is 18.0. The number of benzene rings is 2. The van der Waals surface area contributed by atoms with Gasteiger partial charge in [0, 0.05) is 42.3 Å². The lowest BCUT2D eigenvalue weighted by Crippen LogP contribution is -2.36. The molecule has 6 nitrogen and oxygen atoms in total. The lowest BCUT2D eigenvalue weighted by Gasteiger charge is -2.21. The Bertz CT molecular complexity index is 1130. The number of sulfonamides is 1. The van der Waals surface area contributed by atoms with Gasteiger partial charge in [0.2, 0.25) is 10.0 Å². The Morgan fingerprint density at radius 3 is 2.55 bits per heavy atom. The molecule has 8 heteroatoms. The number of hydrogen-bond acceptors (Lipinski definition) is 4. The van der Waals surface area contributed by atoms with E-state index in [-0.39, 0.29) is 17.2 Å². The van der Waals surface area contributed by atoms with Crippen molar-refractivity contribution >= 4 is 26.7 Å². The number of aromatic amines is 1. The van der Waals surface area contributed by atoms with Crippen LogP contribution in [-0.2, 0) is 10.0 Å². The van der Waals surface area contributed by atoms with Crippen molar-refractivity contribution in [3.63, 3.8) is 0 Å². The second-order valence-electron chi connectivity index (χ2n) is 7.16. The lowest BCUT2D eigenvalue weighted by molar-refractivity contribution is 0.0936. The summed E-state index contributed by atoms with van der Waals surface area (Å²) in [5, 5.41) is 0.896. The van der Waals surface area contributed by atoms with Gasteiger partial charge in [-0.2, -0.15) is 4.31 Å². The minimum atomic E-state index is -3.68. The van der Waals surface area contributed by atoms with Gasteiger partial charge in [-0.1, -0.05) is 18.2 Å². The maximum atomic E-state index is 13.1. The minimum Gasteiger partial charge on any atom is -0.360 e. The molecule has 0 radical (unpaired) electrons. The molecule has 152 valence electrons. The summed E-state index contributed by atoms with van der Waals surface area (Å²) >= 11 is 0. The third-order valence-electron chi connectivity index (χ3n) is 5.26. The van der Waals surface area contributed by atoms with Gasteiger partial charge in [0.25, 0.3) is 0 Å². The highest BCUT2D eigenvalue weighted by Gasteiger charge is 2.27. The van der Waals surface area contributed by atoms with Crippen molar-refractivity contribution in [2.45, 2.75) is 11.3 Å². The normalized spacial score (nSPS) is 16.7. The first kappa shape index (κ1) is 19.8. The maximum absolute atomic E-state index is 13.1. The first-order chi connectivity index (χ1) is 13.9. The lowest BCUT2D eigenvalue weighted by atomic mass is 10.1. The van der Waals surface area contributed by atoms with Crippen LogP contribution in [-0.4, -0.2) is 61.1 Å². The SMILES string of the molecule is O=C(CN1CCCN(S(=O)(=O)c2ccc(F)cc2)CC1)c1c[nH]c2ccccc12. The molecule has 1 aliphatic rings. The first-order valence-corrected chi connectivity index (χ1v) is 11.0. The van der Waals surface area contributed by atoms with Crippen LogP contribution in [0.1, 0.15) is 16.8 Å². The molecule has 3 aromatic rings. The van der Waals surface area contributed by atoms with Crippen LogP contribution in [0.25, 0.3) is 10.9 Å². The quantitative estimate of drug-likeness (QED) is 0.651. The van der Waals surface area contributed by atoms with Gasteiger partial charge < -0.3 is 4.98 Å². The first-order valence-electron chi connectivity index (χ1n) is 9.52. The van der Waals surface area contributed by atoms with Crippen LogP contribution < -0.4 is 0 Å². The molecule has 1 N–H and O–H groups in total. The van der Waals surface area contributed by atoms with E-state index in [2.05, 4.69) is 4.98 Å². The molecule has 0 amide bonds. The Labute approximate surface area is 169 Å². The average molecular weight is 415 g/mol. The molecule has 2 aromatic carbocycles. The van der Waals surface area contributed by atoms with E-state index in [9.17, 15) is 17.6 Å². The fraction of sp³-hybridized carbons (Fsp3) is 0.286. The van der Waals surface area contributed by atoms with Crippen LogP contribution in [0, 0.1) is 5.82 Å². The molecule has 0 atom stereocenters. The van der Waals surface area contributed by atoms with E-state index in [0.29, 0.717) is 38.2 Å². The Hall–Kier alpha value is -2.55. The molecule has 1 aromatic heterocycles. The third-order valence-corrected chi connectivity index (χ3v) is 7.17. The number of rotatable bonds is 5. The number of hydrogen-bond donors (Lipinski definition) is 1. The monoisotopic (exact) mass is 415 g/mol. The summed E-state index contributed by atoms with van der Waals surface area (Å²) in [6, 6.07) is 12.5. The largest absolute Gasteiger partial charge is 0.360 e. The van der Waals surface area contributed by atoms with Crippen LogP contribution in [0.3, 0.4) is 0 Å². The standard InChI is InChI=1S/C21H22FN3O3S/c22-16-6-8-17(9-7-16)29(27,28)25-11-3-10-24(12-13-25)15-21(26)19-14-23-20-5-2-1-4-18(19)20/h1-2,4-9,14,23H,3,10-13,15H2. The fourth-order valence-electron chi connectivity index (χ4n) is 3.69. The molecule has 1 saturated heterocycles. The molecule has 0 saturated carbocycles. The van der Waals surface area contributed by atoms with Crippen molar-refractivity contribution in [2.24, 2.45) is 0 Å². The summed E-state index contributed by atoms with van der Waals surface area (Å²) in [7, 11) is -3.68. The van der Waals surface area contributed by atoms with Gasteiger partial charge in [-0.15, -0.1) is 0 Å². The van der Waals surface area contributed by atoms with Gasteiger partial charge in [0.05, 0.1) is 11.4 Å². The van der Waals surface area contributed by atoms with E-state index in [1.807, 2.05) is 29.2 Å². The molecule has 1 aliphatic heterocycles. The number of nitrogens with zero attached hydrogens (tertiary/aromatic N) is 2. The van der Waals surface area contributed by atoms with E-state index in [1.54, 1.807) is 6.20 Å². The van der Waals surface area contributed by atoms with Gasteiger partial charge in [-0.25, -0.2) is 12.8 Å². The highest BCUT2D eigenvalue weighted by Crippen LogP contribution is 2.20. The number of H-pyrrole nitrogens is 1. The molecule has 29 heavy (non-hydrogen) atoms. The van der Waals surface area contributed by atoms with Gasteiger partial charge in [-0.3, -0.25) is 9.69 Å². The van der Waals surface area contributed by atoms with Crippen LogP contribution >= 0.6 is 0 Å². The van der Waals surface area contributed by atoms with Crippen molar-refractivity contribution in [1.82, 2.24) is 14.2 Å². The van der Waals surface area contributed by atoms with E-state index in [4.69, 9.17) is 0 Å². The van der Waals surface area contributed by atoms with Crippen molar-refractivity contribution in [3.05, 3.63) is 66.1 Å². The molecule has 0 aliphatic carbocycles. The Balaban J connectivity index is 1.43. The Morgan fingerprint density at radius 1 is 1.00 bits per heavy atom. The molecule has 2 heterocycles. The van der Waals surface area contributed by atoms with Crippen molar-refractivity contribution in [2.75, 3.05) is 32.7 Å². The molecule has 4 rings (SSSR count). The number of halogens is 1. The maximum Gasteiger partial charge on any atom is 0.243 e. The number of para-hydroxylation sites is 1. The Morgan fingerprint density at radius 2 is 1.76 bits per heavy atom. The molecular formula is C21H22FN3O3S. The number of fused-ring (bicyclic) bond motifs is 1. The predicted octanol–water partition coefficient (Wildman–Crippen LogP) is 2.89. The zero-order chi connectivity index (χ0) is 20.4. The highest BCUT2D eigenvalue weighted by atomic mass is 32.2. The fourth-order valence-corrected chi connectivity index (χ4v) is 5.16. The number of nitrogens with one attached hydrogen (secondary N) is 1. The topological polar surface area (TPSA) is 73.5 Å². The summed E-state index contributed by atoms with van der Waals surface area (Å²) in [5.74, 6) is -0.459. The third kappa shape index (κ3) is 4.10. The van der Waals surface area contributed by atoms with Gasteiger partial charge in [-0.05, 0) is 43.3 Å². The van der Waals surface area contributed by atoms with Crippen molar-refractivity contribution < 1.29 is 17.6 Å². The molecule has 1 fully saturated rings. The zero-order valence-electron chi connectivity index (χ0n) is 15.8. The van der Waals surface area contributed by atoms with Gasteiger partial charge in [0.15, 0.2) is 5.78 Å². The summed E-state index contributed by atoms with van der Waals surface area (Å²) < 4.78 is 40.2. The molecule has 0 spiro atoms. The number of Topliss-reactive ketones (excluding diaryl/α,β-unsaturated/α-hetero) is 1. The number of carbonyl (C=O) groups excluding carboxylic acids is 1. The number of ketones is 1. The Kier molecular flexibility index (Phi) is 5.49. The van der Waals surface area contributed by atoms with Gasteiger partial charge >= 0.3 is 0 Å². The summed E-state index contributed by atoms with van der Waals surface area (Å²) in [6.45, 7) is 2.02. The number of carbonyl (C=O) groups is 1.